The Bertz CT molecular complexity index is 1630. The van der Waals surface area contributed by atoms with Gasteiger partial charge in [-0.15, -0.1) is 0 Å². The van der Waals surface area contributed by atoms with E-state index in [2.05, 4.69) is 0 Å². The molecule has 0 aromatic heterocycles. The van der Waals surface area contributed by atoms with Gasteiger partial charge in [-0.2, -0.15) is 16.8 Å². The van der Waals surface area contributed by atoms with Crippen molar-refractivity contribution in [1.29, 1.82) is 0 Å². The SMILES string of the molecule is O=S(=O)(O)c1ccc(Cl)c(/C=C/c2ccc(-c3ccc(/C=C/c4cc(S(=O)(=O)O)ccc4Cl)cc3)cc2)c1. The lowest BCUT2D eigenvalue weighted by molar-refractivity contribution is 0.481. The smallest absolute Gasteiger partial charge is 0.282 e. The van der Waals surface area contributed by atoms with Crippen molar-refractivity contribution in [3.05, 3.63) is 117 Å². The lowest BCUT2D eigenvalue weighted by Gasteiger charge is -2.05. The summed E-state index contributed by atoms with van der Waals surface area (Å²) in [7, 11) is -8.65. The van der Waals surface area contributed by atoms with Crippen molar-refractivity contribution in [2.24, 2.45) is 0 Å². The Morgan fingerprint density at radius 3 is 1.16 bits per heavy atom. The van der Waals surface area contributed by atoms with Crippen LogP contribution in [0.4, 0.5) is 0 Å². The molecule has 0 radical (unpaired) electrons. The maximum Gasteiger partial charge on any atom is 0.294 e. The second-order valence-electron chi connectivity index (χ2n) is 8.23. The van der Waals surface area contributed by atoms with Crippen LogP contribution in [0.15, 0.2) is 94.7 Å². The van der Waals surface area contributed by atoms with Gasteiger partial charge in [-0.05, 0) is 69.8 Å². The summed E-state index contributed by atoms with van der Waals surface area (Å²) < 4.78 is 64.0. The van der Waals surface area contributed by atoms with E-state index in [1.807, 2.05) is 48.5 Å². The molecule has 4 rings (SSSR count). The predicted molar refractivity (Wildman–Crippen MR) is 152 cm³/mol. The molecule has 10 heteroatoms. The van der Waals surface area contributed by atoms with Crippen LogP contribution in [0.25, 0.3) is 35.4 Å². The Balaban J connectivity index is 1.48. The first-order valence-corrected chi connectivity index (χ1v) is 14.6. The van der Waals surface area contributed by atoms with Crippen LogP contribution in [0.1, 0.15) is 22.3 Å². The zero-order valence-corrected chi connectivity index (χ0v) is 22.6. The standard InChI is InChI=1S/C28H20Cl2O6S2/c29-27-15-13-25(37(31,32)33)17-23(27)11-5-19-1-7-21(8-2-19)22-9-3-20(4-10-22)6-12-24-18-26(38(34,35)36)14-16-28(24)30/h1-18H,(H,31,32,33)(H,34,35,36)/b11-5+,12-6+. The topological polar surface area (TPSA) is 109 Å². The van der Waals surface area contributed by atoms with E-state index in [0.717, 1.165) is 22.3 Å². The second kappa shape index (κ2) is 11.2. The van der Waals surface area contributed by atoms with Gasteiger partial charge in [-0.1, -0.05) is 96.0 Å². The first-order valence-electron chi connectivity index (χ1n) is 11.0. The quantitative estimate of drug-likeness (QED) is 0.171. The average Bonchev–Trinajstić information content (AvgIpc) is 2.87. The van der Waals surface area contributed by atoms with Gasteiger partial charge >= 0.3 is 0 Å². The zero-order valence-electron chi connectivity index (χ0n) is 19.5. The van der Waals surface area contributed by atoms with Crippen molar-refractivity contribution in [2.75, 3.05) is 0 Å². The number of hydrogen-bond acceptors (Lipinski definition) is 4. The maximum atomic E-state index is 11.4. The van der Waals surface area contributed by atoms with E-state index in [1.54, 1.807) is 24.3 Å². The minimum atomic E-state index is -4.33. The highest BCUT2D eigenvalue weighted by Crippen LogP contribution is 2.26. The van der Waals surface area contributed by atoms with E-state index in [4.69, 9.17) is 23.2 Å². The van der Waals surface area contributed by atoms with Gasteiger partial charge in [-0.25, -0.2) is 0 Å². The molecule has 194 valence electrons. The minimum Gasteiger partial charge on any atom is -0.282 e. The molecule has 4 aromatic carbocycles. The average molecular weight is 588 g/mol. The molecule has 4 aromatic rings. The molecule has 38 heavy (non-hydrogen) atoms. The van der Waals surface area contributed by atoms with Gasteiger partial charge in [0, 0.05) is 10.0 Å². The molecular formula is C28H20Cl2O6S2. The number of halogens is 2. The Labute approximate surface area is 231 Å². The zero-order chi connectivity index (χ0) is 27.5. The predicted octanol–water partition coefficient (Wildman–Crippen LogP) is 7.49. The Morgan fingerprint density at radius 1 is 0.500 bits per heavy atom. The van der Waals surface area contributed by atoms with Crippen LogP contribution < -0.4 is 0 Å². The molecule has 0 fully saturated rings. The second-order valence-corrected chi connectivity index (χ2v) is 11.9. The summed E-state index contributed by atoms with van der Waals surface area (Å²) in [6.07, 6.45) is 6.92. The van der Waals surface area contributed by atoms with E-state index < -0.39 is 20.2 Å². The molecular weight excluding hydrogens is 567 g/mol. The molecule has 0 bridgehead atoms. The van der Waals surface area contributed by atoms with Gasteiger partial charge in [0.2, 0.25) is 0 Å². The van der Waals surface area contributed by atoms with Gasteiger partial charge in [0.05, 0.1) is 9.79 Å². The minimum absolute atomic E-state index is 0.232. The fourth-order valence-corrected chi connectivity index (χ4v) is 4.96. The lowest BCUT2D eigenvalue weighted by atomic mass is 10.0. The van der Waals surface area contributed by atoms with Gasteiger partial charge in [0.15, 0.2) is 0 Å². The summed E-state index contributed by atoms with van der Waals surface area (Å²) in [5, 5.41) is 0.709. The number of rotatable bonds is 7. The highest BCUT2D eigenvalue weighted by molar-refractivity contribution is 7.86. The van der Waals surface area contributed by atoms with E-state index in [-0.39, 0.29) is 9.79 Å². The Kier molecular flexibility index (Phi) is 8.22. The van der Waals surface area contributed by atoms with Crippen molar-refractivity contribution < 1.29 is 25.9 Å². The van der Waals surface area contributed by atoms with E-state index in [1.165, 1.54) is 36.4 Å². The van der Waals surface area contributed by atoms with Crippen molar-refractivity contribution in [3.8, 4) is 11.1 Å². The highest BCUT2D eigenvalue weighted by atomic mass is 35.5. The van der Waals surface area contributed by atoms with Crippen molar-refractivity contribution in [3.63, 3.8) is 0 Å². The fourth-order valence-electron chi connectivity index (χ4n) is 3.57. The summed E-state index contributed by atoms with van der Waals surface area (Å²) >= 11 is 12.3. The van der Waals surface area contributed by atoms with Gasteiger partial charge < -0.3 is 0 Å². The summed E-state index contributed by atoms with van der Waals surface area (Å²) in [6.45, 7) is 0. The normalized spacial score (nSPS) is 12.4. The van der Waals surface area contributed by atoms with Crippen LogP contribution in [-0.4, -0.2) is 25.9 Å². The first-order chi connectivity index (χ1) is 17.9. The van der Waals surface area contributed by atoms with Crippen LogP contribution in [0.5, 0.6) is 0 Å². The summed E-state index contributed by atoms with van der Waals surface area (Å²) in [4.78, 5) is -0.463. The molecule has 0 amide bonds. The van der Waals surface area contributed by atoms with Crippen molar-refractivity contribution >= 4 is 67.7 Å². The van der Waals surface area contributed by atoms with Gasteiger partial charge in [0.1, 0.15) is 0 Å². The van der Waals surface area contributed by atoms with Crippen LogP contribution in [0.3, 0.4) is 0 Å². The molecule has 0 saturated carbocycles. The fraction of sp³-hybridized carbons (Fsp3) is 0. The first kappa shape index (κ1) is 27.8. The third kappa shape index (κ3) is 6.99. The van der Waals surface area contributed by atoms with Gasteiger partial charge in [-0.3, -0.25) is 9.11 Å². The maximum absolute atomic E-state index is 11.4. The molecule has 0 atom stereocenters. The van der Waals surface area contributed by atoms with Crippen molar-refractivity contribution in [2.45, 2.75) is 9.79 Å². The molecule has 0 aliphatic rings. The summed E-state index contributed by atoms with van der Waals surface area (Å²) in [5.74, 6) is 0. The van der Waals surface area contributed by atoms with Crippen LogP contribution in [0, 0.1) is 0 Å². The monoisotopic (exact) mass is 586 g/mol. The Hall–Kier alpha value is -3.24. The molecule has 0 saturated heterocycles. The van der Waals surface area contributed by atoms with E-state index in [9.17, 15) is 25.9 Å². The number of hydrogen-bond donors (Lipinski definition) is 2. The van der Waals surface area contributed by atoms with E-state index >= 15 is 0 Å². The largest absolute Gasteiger partial charge is 0.294 e. The molecule has 2 N–H and O–H groups in total. The summed E-state index contributed by atoms with van der Waals surface area (Å²) in [5.41, 5.74) is 4.61. The van der Waals surface area contributed by atoms with Gasteiger partial charge in [0.25, 0.3) is 20.2 Å². The van der Waals surface area contributed by atoms with Crippen LogP contribution in [-0.2, 0) is 20.2 Å². The van der Waals surface area contributed by atoms with Crippen LogP contribution in [0.2, 0.25) is 10.0 Å². The molecule has 6 nitrogen and oxygen atoms in total. The van der Waals surface area contributed by atoms with Crippen molar-refractivity contribution in [1.82, 2.24) is 0 Å². The Morgan fingerprint density at radius 2 is 0.842 bits per heavy atom. The molecule has 0 unspecified atom stereocenters. The van der Waals surface area contributed by atoms with Crippen LogP contribution >= 0.6 is 23.2 Å². The molecule has 0 spiro atoms. The molecule has 0 heterocycles. The lowest BCUT2D eigenvalue weighted by Crippen LogP contribution is -1.98. The van der Waals surface area contributed by atoms with E-state index in [0.29, 0.717) is 21.2 Å². The molecule has 0 aliphatic carbocycles. The number of benzene rings is 4. The third-order valence-corrected chi connectivity index (χ3v) is 7.98. The molecule has 0 aliphatic heterocycles. The highest BCUT2D eigenvalue weighted by Gasteiger charge is 2.12. The third-order valence-electron chi connectivity index (χ3n) is 5.60. The summed E-state index contributed by atoms with van der Waals surface area (Å²) in [6, 6.07) is 23.3.